The molecule has 2 aliphatic rings. The van der Waals surface area contributed by atoms with Crippen molar-refractivity contribution in [1.82, 2.24) is 20.9 Å². The molecule has 4 aromatic rings. The fourth-order valence-corrected chi connectivity index (χ4v) is 7.72. The molecule has 0 fully saturated rings. The summed E-state index contributed by atoms with van der Waals surface area (Å²) in [5.41, 5.74) is 0.257. The number of carbonyl (C=O) groups is 5. The number of methoxy groups -OCH3 is 1. The lowest BCUT2D eigenvalue weighted by Gasteiger charge is -2.36. The third kappa shape index (κ3) is 11.2. The molecule has 2 aliphatic heterocycles. The van der Waals surface area contributed by atoms with Gasteiger partial charge in [0.1, 0.15) is 29.6 Å². The average Bonchev–Trinajstić information content (AvgIpc) is 3.21. The molecular formula is C43H45Cl2F3N4O10Si. The molecule has 63 heavy (non-hydrogen) atoms. The summed E-state index contributed by atoms with van der Waals surface area (Å²) in [4.78, 5) is 70.1. The molecule has 0 saturated heterocycles. The Balaban J connectivity index is 1.62. The quantitative estimate of drug-likeness (QED) is 0.0870. The number of rotatable bonds is 8. The highest BCUT2D eigenvalue weighted by Gasteiger charge is 2.43. The molecular weight excluding hydrogens is 888 g/mol. The third-order valence-corrected chi connectivity index (χ3v) is 15.8. The van der Waals surface area contributed by atoms with Crippen molar-refractivity contribution < 1.29 is 61.3 Å². The van der Waals surface area contributed by atoms with E-state index < -0.39 is 79.8 Å². The van der Waals surface area contributed by atoms with Crippen LogP contribution in [0.15, 0.2) is 78.9 Å². The largest absolute Gasteiger partial charge is 0.544 e. The first-order valence-electron chi connectivity index (χ1n) is 19.2. The van der Waals surface area contributed by atoms with Crippen molar-refractivity contribution in [1.29, 1.82) is 0 Å². The van der Waals surface area contributed by atoms with Crippen LogP contribution in [-0.2, 0) is 35.1 Å². The van der Waals surface area contributed by atoms with Crippen LogP contribution in [-0.4, -0.2) is 79.4 Å². The number of hydrogen-bond acceptors (Lipinski definition) is 10. The average molecular weight is 934 g/mol. The summed E-state index contributed by atoms with van der Waals surface area (Å²) in [6.07, 6.45) is -5.70. The first kappa shape index (κ1) is 48.1. The first-order valence-corrected chi connectivity index (χ1v) is 22.9. The van der Waals surface area contributed by atoms with Crippen molar-refractivity contribution in [2.75, 3.05) is 14.2 Å². The van der Waals surface area contributed by atoms with Gasteiger partial charge in [-0.1, -0.05) is 74.3 Å². The van der Waals surface area contributed by atoms with E-state index in [-0.39, 0.29) is 44.1 Å². The van der Waals surface area contributed by atoms with Crippen molar-refractivity contribution in [3.8, 4) is 28.7 Å². The number of hydrogen-bond donors (Lipinski definition) is 5. The second-order valence-electron chi connectivity index (χ2n) is 16.2. The lowest BCUT2D eigenvalue weighted by atomic mass is 9.98. The maximum atomic E-state index is 14.8. The Hall–Kier alpha value is -5.98. The Morgan fingerprint density at radius 2 is 1.52 bits per heavy atom. The van der Waals surface area contributed by atoms with E-state index >= 15 is 0 Å². The van der Waals surface area contributed by atoms with Gasteiger partial charge in [0.05, 0.1) is 17.2 Å². The molecule has 0 aliphatic carbocycles. The predicted molar refractivity (Wildman–Crippen MR) is 228 cm³/mol. The van der Waals surface area contributed by atoms with Gasteiger partial charge in [-0.05, 0) is 88.9 Å². The number of ether oxygens (including phenoxy) is 2. The van der Waals surface area contributed by atoms with Gasteiger partial charge in [-0.25, -0.2) is 4.79 Å². The van der Waals surface area contributed by atoms with Crippen LogP contribution in [0.4, 0.5) is 13.2 Å². The van der Waals surface area contributed by atoms with Crippen LogP contribution in [0.1, 0.15) is 61.2 Å². The monoisotopic (exact) mass is 932 g/mol. The summed E-state index contributed by atoms with van der Waals surface area (Å²) in [6.45, 7) is 10.4. The van der Waals surface area contributed by atoms with Crippen molar-refractivity contribution in [2.45, 2.75) is 75.7 Å². The Morgan fingerprint density at radius 1 is 0.921 bits per heavy atom. The Kier molecular flexibility index (Phi) is 14.3. The van der Waals surface area contributed by atoms with Gasteiger partial charge < -0.3 is 45.0 Å². The number of esters is 1. The van der Waals surface area contributed by atoms with Crippen LogP contribution in [0.5, 0.6) is 28.7 Å². The number of nitrogens with one attached hydrogen (secondary N) is 3. The second-order valence-corrected chi connectivity index (χ2v) is 21.8. The van der Waals surface area contributed by atoms with Crippen molar-refractivity contribution >= 4 is 61.1 Å². The van der Waals surface area contributed by atoms with E-state index in [1.54, 1.807) is 41.7 Å². The number of benzene rings is 4. The van der Waals surface area contributed by atoms with E-state index in [4.69, 9.17) is 37.1 Å². The molecule has 0 radical (unpaired) electrons. The molecule has 2 heterocycles. The SMILES string of the molecule is COC(=O)[C@H](NC(=O)[C@@H]1Cc2ccc(cc2)Oc2cc(ccc2O)[C@@H](NC(=O)C(F)(F)F)C(=O)N[C@@H](c2cc(Cl)c(O)c(Cl)c2)C(=O)N1C)c1ccc(O[Si](C)(C)C(C)(C)C)cc1. The maximum absolute atomic E-state index is 14.8. The molecule has 0 aromatic heterocycles. The topological polar surface area (TPSA) is 193 Å². The van der Waals surface area contributed by atoms with Crippen LogP contribution in [0.25, 0.3) is 0 Å². The summed E-state index contributed by atoms with van der Waals surface area (Å²) >= 11 is 12.5. The maximum Gasteiger partial charge on any atom is 0.471 e. The molecule has 4 atom stereocenters. The lowest BCUT2D eigenvalue weighted by Crippen LogP contribution is -2.54. The summed E-state index contributed by atoms with van der Waals surface area (Å²) in [6, 6.07) is 10.7. The van der Waals surface area contributed by atoms with Crippen LogP contribution < -0.4 is 25.1 Å². The molecule has 5 N–H and O–H groups in total. The molecule has 6 rings (SSSR count). The molecule has 0 unspecified atom stereocenters. The minimum absolute atomic E-state index is 0.108. The van der Waals surface area contributed by atoms with E-state index in [1.165, 1.54) is 19.2 Å². The molecule has 336 valence electrons. The molecule has 14 nitrogen and oxygen atoms in total. The number of likely N-dealkylation sites (N-methyl/N-ethyl adjacent to an activating group) is 1. The number of amides is 4. The van der Waals surface area contributed by atoms with Crippen LogP contribution in [0, 0.1) is 0 Å². The van der Waals surface area contributed by atoms with E-state index in [9.17, 15) is 47.4 Å². The number of phenolic OH excluding ortho intramolecular Hbond substituents is 2. The zero-order valence-corrected chi connectivity index (χ0v) is 37.5. The number of nitrogens with zero attached hydrogens (tertiary/aromatic N) is 1. The molecule has 4 aromatic carbocycles. The summed E-state index contributed by atoms with van der Waals surface area (Å²) in [7, 11) is 0.0895. The number of alkyl halides is 3. The number of carbonyl (C=O) groups excluding carboxylic acids is 5. The Labute approximate surface area is 371 Å². The van der Waals surface area contributed by atoms with Gasteiger partial charge >= 0.3 is 18.1 Å². The predicted octanol–water partition coefficient (Wildman–Crippen LogP) is 7.57. The molecule has 20 heteroatoms. The van der Waals surface area contributed by atoms with Crippen molar-refractivity contribution in [3.63, 3.8) is 0 Å². The third-order valence-electron chi connectivity index (χ3n) is 10.8. The fraction of sp³-hybridized carbons (Fsp3) is 0.326. The number of aromatic hydroxyl groups is 2. The highest BCUT2D eigenvalue weighted by molar-refractivity contribution is 6.74. The zero-order chi connectivity index (χ0) is 46.8. The Morgan fingerprint density at radius 3 is 2.08 bits per heavy atom. The van der Waals surface area contributed by atoms with Gasteiger partial charge in [0.25, 0.3) is 0 Å². The Bertz CT molecular complexity index is 2370. The van der Waals surface area contributed by atoms with E-state index in [2.05, 4.69) is 44.5 Å². The van der Waals surface area contributed by atoms with Gasteiger partial charge in [0.2, 0.25) is 26.0 Å². The summed E-state index contributed by atoms with van der Waals surface area (Å²) in [5.74, 6) is -7.44. The lowest BCUT2D eigenvalue weighted by molar-refractivity contribution is -0.174. The zero-order valence-electron chi connectivity index (χ0n) is 35.0. The van der Waals surface area contributed by atoms with Crippen molar-refractivity contribution in [3.05, 3.63) is 111 Å². The highest BCUT2D eigenvalue weighted by Crippen LogP contribution is 2.39. The van der Waals surface area contributed by atoms with Crippen LogP contribution >= 0.6 is 23.2 Å². The molecule has 4 bridgehead atoms. The fourth-order valence-electron chi connectivity index (χ4n) is 6.19. The van der Waals surface area contributed by atoms with Gasteiger partial charge in [0, 0.05) is 13.5 Å². The standard InChI is InChI=1S/C43H45Cl2F3N4O10Si/c1-42(2,3)63(6,7)62-27-15-10-23(11-16-27)35(40(58)60-5)50-37(55)30-18-22-8-13-26(14-9-22)61-32-21-24(12-17-31(32)53)33(51-41(59)43(46,47)48)38(56)49-34(39(57)52(30)4)25-19-28(44)36(54)29(45)20-25/h8-17,19-21,30,33-35,53-54H,18H2,1-7H3,(H,49,56)(H,50,55)(H,51,59)/t30-,33+,34-,35+/m0/s1. The second kappa shape index (κ2) is 18.8. The minimum atomic E-state index is -5.47. The molecule has 4 amide bonds. The summed E-state index contributed by atoms with van der Waals surface area (Å²) in [5, 5.41) is 26.7. The minimum Gasteiger partial charge on any atom is -0.544 e. The number of halogens is 5. The van der Waals surface area contributed by atoms with E-state index in [0.29, 0.717) is 16.9 Å². The van der Waals surface area contributed by atoms with Crippen LogP contribution in [0.3, 0.4) is 0 Å². The summed E-state index contributed by atoms with van der Waals surface area (Å²) < 4.78 is 58.3. The number of phenols is 2. The molecule has 0 saturated carbocycles. The number of fused-ring (bicyclic) bond motifs is 9. The van der Waals surface area contributed by atoms with Gasteiger partial charge in [-0.3, -0.25) is 19.2 Å². The van der Waals surface area contributed by atoms with E-state index in [1.807, 2.05) is 0 Å². The van der Waals surface area contributed by atoms with Gasteiger partial charge in [-0.2, -0.15) is 13.2 Å². The van der Waals surface area contributed by atoms with Gasteiger partial charge in [-0.15, -0.1) is 0 Å². The smallest absolute Gasteiger partial charge is 0.471 e. The normalized spacial score (nSPS) is 17.8. The van der Waals surface area contributed by atoms with E-state index in [0.717, 1.165) is 42.3 Å². The van der Waals surface area contributed by atoms with Crippen LogP contribution in [0.2, 0.25) is 28.2 Å². The van der Waals surface area contributed by atoms with Gasteiger partial charge in [0.15, 0.2) is 23.3 Å². The molecule has 0 spiro atoms. The van der Waals surface area contributed by atoms with Crippen molar-refractivity contribution in [2.24, 2.45) is 0 Å². The highest BCUT2D eigenvalue weighted by atomic mass is 35.5. The first-order chi connectivity index (χ1) is 29.3.